The second-order valence-electron chi connectivity index (χ2n) is 4.92. The lowest BCUT2D eigenvalue weighted by atomic mass is 10.2. The summed E-state index contributed by atoms with van der Waals surface area (Å²) in [5, 5.41) is 7.14. The predicted molar refractivity (Wildman–Crippen MR) is 84.5 cm³/mol. The third-order valence-corrected chi connectivity index (χ3v) is 4.27. The first kappa shape index (κ1) is 14.6. The van der Waals surface area contributed by atoms with Crippen molar-refractivity contribution in [2.45, 2.75) is 26.4 Å². The Hall–Kier alpha value is -1.30. The van der Waals surface area contributed by atoms with Crippen LogP contribution in [0.3, 0.4) is 0 Å². The van der Waals surface area contributed by atoms with Gasteiger partial charge in [0.25, 0.3) is 0 Å². The summed E-state index contributed by atoms with van der Waals surface area (Å²) in [4.78, 5) is 4.43. The highest BCUT2D eigenvalue weighted by Gasteiger charge is 2.15. The molecule has 1 aliphatic heterocycles. The van der Waals surface area contributed by atoms with Gasteiger partial charge in [-0.2, -0.15) is 0 Å². The van der Waals surface area contributed by atoms with E-state index < -0.39 is 0 Å². The molecule has 0 saturated heterocycles. The summed E-state index contributed by atoms with van der Waals surface area (Å²) in [6, 6.07) is 3.92. The zero-order valence-corrected chi connectivity index (χ0v) is 13.4. The van der Waals surface area contributed by atoms with Gasteiger partial charge in [0.05, 0.1) is 28.9 Å². The van der Waals surface area contributed by atoms with E-state index in [4.69, 9.17) is 21.1 Å². The van der Waals surface area contributed by atoms with Crippen molar-refractivity contribution < 1.29 is 9.47 Å². The Morgan fingerprint density at radius 3 is 2.95 bits per heavy atom. The smallest absolute Gasteiger partial charge is 0.179 e. The van der Waals surface area contributed by atoms with Crippen LogP contribution in [0.4, 0.5) is 0 Å². The first-order chi connectivity index (χ1) is 10.2. The van der Waals surface area contributed by atoms with Crippen LogP contribution in [0.2, 0.25) is 5.02 Å². The number of rotatable bonds is 4. The van der Waals surface area contributed by atoms with Gasteiger partial charge in [0.15, 0.2) is 11.5 Å². The SMILES string of the molecule is Cc1nc(CNCc2cc(Cl)c3c(c2)OCCCO3)cs1. The van der Waals surface area contributed by atoms with Crippen molar-refractivity contribution in [2.75, 3.05) is 13.2 Å². The minimum Gasteiger partial charge on any atom is -0.489 e. The van der Waals surface area contributed by atoms with Gasteiger partial charge in [-0.3, -0.25) is 0 Å². The topological polar surface area (TPSA) is 43.4 Å². The van der Waals surface area contributed by atoms with E-state index >= 15 is 0 Å². The van der Waals surface area contributed by atoms with Crippen molar-refractivity contribution in [1.29, 1.82) is 0 Å². The molecule has 1 aliphatic rings. The standard InChI is InChI=1S/C15H17ClN2O2S/c1-10-18-12(9-21-10)8-17-7-11-5-13(16)15-14(6-11)19-3-2-4-20-15/h5-6,9,17H,2-4,7-8H2,1H3. The van der Waals surface area contributed by atoms with Crippen LogP contribution in [0, 0.1) is 6.92 Å². The van der Waals surface area contributed by atoms with Gasteiger partial charge in [-0.15, -0.1) is 11.3 Å². The van der Waals surface area contributed by atoms with Crippen LogP contribution in [0.5, 0.6) is 11.5 Å². The molecule has 0 spiro atoms. The number of aryl methyl sites for hydroxylation is 1. The highest BCUT2D eigenvalue weighted by atomic mass is 35.5. The van der Waals surface area contributed by atoms with Gasteiger partial charge in [-0.25, -0.2) is 4.98 Å². The van der Waals surface area contributed by atoms with Crippen LogP contribution in [-0.2, 0) is 13.1 Å². The lowest BCUT2D eigenvalue weighted by molar-refractivity contribution is 0.297. The molecule has 0 bridgehead atoms. The van der Waals surface area contributed by atoms with Crippen LogP contribution >= 0.6 is 22.9 Å². The minimum atomic E-state index is 0.607. The van der Waals surface area contributed by atoms with Crippen molar-refractivity contribution in [1.82, 2.24) is 10.3 Å². The monoisotopic (exact) mass is 324 g/mol. The molecule has 4 nitrogen and oxygen atoms in total. The van der Waals surface area contributed by atoms with Crippen molar-refractivity contribution in [3.05, 3.63) is 38.8 Å². The molecule has 6 heteroatoms. The number of nitrogens with one attached hydrogen (secondary N) is 1. The van der Waals surface area contributed by atoms with Gasteiger partial charge >= 0.3 is 0 Å². The Morgan fingerprint density at radius 2 is 2.14 bits per heavy atom. The molecule has 1 aromatic heterocycles. The summed E-state index contributed by atoms with van der Waals surface area (Å²) in [5.74, 6) is 1.40. The molecule has 0 atom stereocenters. The molecule has 0 unspecified atom stereocenters. The molecule has 2 heterocycles. The molecule has 0 amide bonds. The molecule has 0 aliphatic carbocycles. The molecular weight excluding hydrogens is 308 g/mol. The lowest BCUT2D eigenvalue weighted by Crippen LogP contribution is -2.13. The van der Waals surface area contributed by atoms with Crippen molar-refractivity contribution >= 4 is 22.9 Å². The second kappa shape index (κ2) is 6.64. The third kappa shape index (κ3) is 3.67. The molecule has 0 fully saturated rings. The van der Waals surface area contributed by atoms with E-state index in [2.05, 4.69) is 15.7 Å². The van der Waals surface area contributed by atoms with Gasteiger partial charge in [0.2, 0.25) is 0 Å². The van der Waals surface area contributed by atoms with Crippen LogP contribution < -0.4 is 14.8 Å². The molecule has 1 aromatic carbocycles. The summed E-state index contributed by atoms with van der Waals surface area (Å²) >= 11 is 7.94. The zero-order chi connectivity index (χ0) is 14.7. The molecule has 112 valence electrons. The van der Waals surface area contributed by atoms with Crippen LogP contribution in [0.15, 0.2) is 17.5 Å². The normalized spacial score (nSPS) is 14.0. The van der Waals surface area contributed by atoms with E-state index in [1.165, 1.54) is 0 Å². The van der Waals surface area contributed by atoms with Gasteiger partial charge < -0.3 is 14.8 Å². The quantitative estimate of drug-likeness (QED) is 0.934. The molecule has 2 aromatic rings. The highest BCUT2D eigenvalue weighted by molar-refractivity contribution is 7.09. The Labute approximate surface area is 133 Å². The van der Waals surface area contributed by atoms with E-state index in [9.17, 15) is 0 Å². The summed E-state index contributed by atoms with van der Waals surface area (Å²) in [7, 11) is 0. The molecule has 0 radical (unpaired) electrons. The molecule has 1 N–H and O–H groups in total. The number of nitrogens with zero attached hydrogens (tertiary/aromatic N) is 1. The number of benzene rings is 1. The molecular formula is C15H17ClN2O2S. The fraction of sp³-hybridized carbons (Fsp3) is 0.400. The van der Waals surface area contributed by atoms with Gasteiger partial charge in [-0.1, -0.05) is 11.6 Å². The summed E-state index contributed by atoms with van der Waals surface area (Å²) < 4.78 is 11.3. The maximum Gasteiger partial charge on any atom is 0.179 e. The van der Waals surface area contributed by atoms with E-state index in [1.54, 1.807) is 11.3 Å². The number of ether oxygens (including phenoxy) is 2. The molecule has 0 saturated carbocycles. The first-order valence-electron chi connectivity index (χ1n) is 6.92. The predicted octanol–water partition coefficient (Wildman–Crippen LogP) is 3.56. The van der Waals surface area contributed by atoms with Gasteiger partial charge in [0.1, 0.15) is 0 Å². The van der Waals surface area contributed by atoms with Crippen LogP contribution in [0.1, 0.15) is 22.7 Å². The van der Waals surface area contributed by atoms with Crippen molar-refractivity contribution in [3.63, 3.8) is 0 Å². The maximum atomic E-state index is 6.28. The fourth-order valence-electron chi connectivity index (χ4n) is 2.21. The number of thiazole rings is 1. The van der Waals surface area contributed by atoms with E-state index in [0.717, 1.165) is 35.0 Å². The number of halogens is 1. The second-order valence-corrected chi connectivity index (χ2v) is 6.39. The Balaban J connectivity index is 1.65. The number of fused-ring (bicyclic) bond motifs is 1. The fourth-order valence-corrected chi connectivity index (χ4v) is 3.11. The molecule has 21 heavy (non-hydrogen) atoms. The first-order valence-corrected chi connectivity index (χ1v) is 8.18. The Bertz CT molecular complexity index is 630. The average molecular weight is 325 g/mol. The van der Waals surface area contributed by atoms with E-state index in [1.807, 2.05) is 19.1 Å². The van der Waals surface area contributed by atoms with E-state index in [0.29, 0.717) is 30.5 Å². The maximum absolute atomic E-state index is 6.28. The summed E-state index contributed by atoms with van der Waals surface area (Å²) in [6.07, 6.45) is 0.877. The summed E-state index contributed by atoms with van der Waals surface area (Å²) in [6.45, 7) is 4.78. The largest absolute Gasteiger partial charge is 0.489 e. The lowest BCUT2D eigenvalue weighted by Gasteiger charge is -2.12. The third-order valence-electron chi connectivity index (χ3n) is 3.16. The summed E-state index contributed by atoms with van der Waals surface area (Å²) in [5.41, 5.74) is 2.15. The van der Waals surface area contributed by atoms with Crippen molar-refractivity contribution in [2.24, 2.45) is 0 Å². The van der Waals surface area contributed by atoms with E-state index in [-0.39, 0.29) is 0 Å². The average Bonchev–Trinajstić information content (AvgIpc) is 2.73. The zero-order valence-electron chi connectivity index (χ0n) is 11.8. The number of aromatic nitrogens is 1. The van der Waals surface area contributed by atoms with Crippen LogP contribution in [0.25, 0.3) is 0 Å². The minimum absolute atomic E-state index is 0.607. The number of hydrogen-bond acceptors (Lipinski definition) is 5. The Morgan fingerprint density at radius 1 is 1.29 bits per heavy atom. The number of hydrogen-bond donors (Lipinski definition) is 1. The highest BCUT2D eigenvalue weighted by Crippen LogP contribution is 2.37. The van der Waals surface area contributed by atoms with Gasteiger partial charge in [0, 0.05) is 24.9 Å². The molecule has 3 rings (SSSR count). The van der Waals surface area contributed by atoms with Crippen LogP contribution in [-0.4, -0.2) is 18.2 Å². The van der Waals surface area contributed by atoms with Gasteiger partial charge in [-0.05, 0) is 24.6 Å². The van der Waals surface area contributed by atoms with Crippen molar-refractivity contribution in [3.8, 4) is 11.5 Å². The Kier molecular flexibility index (Phi) is 4.63.